The van der Waals surface area contributed by atoms with Crippen LogP contribution in [0.1, 0.15) is 0 Å². The van der Waals surface area contributed by atoms with Gasteiger partial charge in [-0.3, -0.25) is 0 Å². The Morgan fingerprint density at radius 1 is 0.615 bits per heavy atom. The molecule has 0 atom stereocenters. The van der Waals surface area contributed by atoms with E-state index in [1.165, 1.54) is 0 Å². The normalized spacial score (nSPS) is 10.9. The summed E-state index contributed by atoms with van der Waals surface area (Å²) in [7, 11) is 6.34. The van der Waals surface area contributed by atoms with Gasteiger partial charge in [-0.2, -0.15) is 5.11 Å². The van der Waals surface area contributed by atoms with E-state index in [2.05, 4.69) is 10.2 Å². The van der Waals surface area contributed by atoms with Crippen LogP contribution in [-0.2, 0) is 0 Å². The van der Waals surface area contributed by atoms with Crippen molar-refractivity contribution in [3.05, 3.63) is 48.5 Å². The molecule has 0 N–H and O–H groups in total. The number of hydrogen-bond acceptors (Lipinski definition) is 6. The molecule has 0 aliphatic rings. The van der Waals surface area contributed by atoms with Crippen molar-refractivity contribution in [2.24, 2.45) is 10.2 Å². The molecule has 6 heteroatoms. The fourth-order valence-corrected chi connectivity index (χ4v) is 2.76. The molecule has 26 heavy (non-hydrogen) atoms. The van der Waals surface area contributed by atoms with E-state index in [0.29, 0.717) is 22.9 Å². The van der Waals surface area contributed by atoms with E-state index >= 15 is 0 Å². The Hall–Kier alpha value is -3.28. The summed E-state index contributed by atoms with van der Waals surface area (Å²) < 4.78 is 21.4. The highest BCUT2D eigenvalue weighted by Crippen LogP contribution is 2.41. The lowest BCUT2D eigenvalue weighted by Crippen LogP contribution is -1.94. The summed E-state index contributed by atoms with van der Waals surface area (Å²) in [5, 5.41) is 10.7. The molecule has 6 nitrogen and oxygen atoms in total. The molecule has 0 bridgehead atoms. The third-order valence-electron chi connectivity index (χ3n) is 4.00. The number of ether oxygens (including phenoxy) is 4. The van der Waals surface area contributed by atoms with E-state index in [-0.39, 0.29) is 0 Å². The molecule has 0 aliphatic heterocycles. The average molecular weight is 352 g/mol. The lowest BCUT2D eigenvalue weighted by molar-refractivity contribution is 0.324. The first-order valence-electron chi connectivity index (χ1n) is 7.99. The van der Waals surface area contributed by atoms with E-state index in [9.17, 15) is 0 Å². The monoisotopic (exact) mass is 352 g/mol. The molecule has 3 rings (SSSR count). The zero-order chi connectivity index (χ0) is 18.5. The van der Waals surface area contributed by atoms with Crippen LogP contribution in [0.4, 0.5) is 11.4 Å². The maximum Gasteiger partial charge on any atom is 0.203 e. The summed E-state index contributed by atoms with van der Waals surface area (Å²) in [5.74, 6) is 2.37. The average Bonchev–Trinajstić information content (AvgIpc) is 2.70. The molecule has 0 fully saturated rings. The number of hydrogen-bond donors (Lipinski definition) is 0. The summed E-state index contributed by atoms with van der Waals surface area (Å²) in [6, 6.07) is 15.2. The number of rotatable bonds is 6. The molecule has 0 radical (unpaired) electrons. The molecule has 0 saturated carbocycles. The molecule has 0 aromatic heterocycles. The van der Waals surface area contributed by atoms with Crippen molar-refractivity contribution < 1.29 is 18.9 Å². The summed E-state index contributed by atoms with van der Waals surface area (Å²) >= 11 is 0. The third-order valence-corrected chi connectivity index (χ3v) is 4.00. The Morgan fingerprint density at radius 2 is 1.23 bits per heavy atom. The summed E-state index contributed by atoms with van der Waals surface area (Å²) in [6.07, 6.45) is 0. The molecule has 0 saturated heterocycles. The van der Waals surface area contributed by atoms with E-state index in [0.717, 1.165) is 22.2 Å². The van der Waals surface area contributed by atoms with E-state index in [4.69, 9.17) is 18.9 Å². The first-order valence-corrected chi connectivity index (χ1v) is 7.99. The maximum absolute atomic E-state index is 5.41. The molecular formula is C20H20N2O4. The molecule has 0 amide bonds. The van der Waals surface area contributed by atoms with Crippen molar-refractivity contribution in [1.29, 1.82) is 0 Å². The zero-order valence-corrected chi connectivity index (χ0v) is 15.1. The fourth-order valence-electron chi connectivity index (χ4n) is 2.76. The first kappa shape index (κ1) is 17.5. The van der Waals surface area contributed by atoms with Crippen molar-refractivity contribution in [3.8, 4) is 23.0 Å². The third kappa shape index (κ3) is 3.26. The number of azo groups is 1. The minimum Gasteiger partial charge on any atom is -0.496 e. The van der Waals surface area contributed by atoms with Gasteiger partial charge in [0.1, 0.15) is 5.75 Å². The van der Waals surface area contributed by atoms with Gasteiger partial charge in [0.15, 0.2) is 11.5 Å². The SMILES string of the molecule is COc1cc(N=Nc2ccc(OC)c3ccccc23)cc(OC)c1OC. The van der Waals surface area contributed by atoms with Gasteiger partial charge in [-0.05, 0) is 12.1 Å². The standard InChI is InChI=1S/C20H20N2O4/c1-23-17-10-9-16(14-7-5-6-8-15(14)17)22-21-13-11-18(24-2)20(26-4)19(12-13)25-3/h5-12H,1-4H3. The number of methoxy groups -OCH3 is 4. The maximum atomic E-state index is 5.41. The van der Waals surface area contributed by atoms with Gasteiger partial charge >= 0.3 is 0 Å². The second kappa shape index (κ2) is 7.74. The Balaban J connectivity index is 2.05. The number of fused-ring (bicyclic) bond motifs is 1. The quantitative estimate of drug-likeness (QED) is 0.566. The van der Waals surface area contributed by atoms with E-state index in [1.54, 1.807) is 40.6 Å². The largest absolute Gasteiger partial charge is 0.496 e. The molecular weight excluding hydrogens is 332 g/mol. The second-order valence-electron chi connectivity index (χ2n) is 5.42. The lowest BCUT2D eigenvalue weighted by atomic mass is 10.1. The van der Waals surface area contributed by atoms with Crippen LogP contribution >= 0.6 is 0 Å². The van der Waals surface area contributed by atoms with Gasteiger partial charge in [0.25, 0.3) is 0 Å². The smallest absolute Gasteiger partial charge is 0.203 e. The number of nitrogens with zero attached hydrogens (tertiary/aromatic N) is 2. The highest BCUT2D eigenvalue weighted by molar-refractivity contribution is 5.96. The van der Waals surface area contributed by atoms with Crippen molar-refractivity contribution in [3.63, 3.8) is 0 Å². The highest BCUT2D eigenvalue weighted by Gasteiger charge is 2.13. The minimum atomic E-state index is 0.517. The van der Waals surface area contributed by atoms with Gasteiger partial charge < -0.3 is 18.9 Å². The van der Waals surface area contributed by atoms with Crippen LogP contribution in [0.5, 0.6) is 23.0 Å². The molecule has 0 aliphatic carbocycles. The van der Waals surface area contributed by atoms with Gasteiger partial charge in [0, 0.05) is 22.9 Å². The van der Waals surface area contributed by atoms with Crippen molar-refractivity contribution in [1.82, 2.24) is 0 Å². The van der Waals surface area contributed by atoms with E-state index in [1.807, 2.05) is 36.4 Å². The lowest BCUT2D eigenvalue weighted by Gasteiger charge is -2.12. The Labute approximate surface area is 152 Å². The van der Waals surface area contributed by atoms with Gasteiger partial charge in [-0.1, -0.05) is 24.3 Å². The molecule has 3 aromatic rings. The Kier molecular flexibility index (Phi) is 5.22. The Morgan fingerprint density at radius 3 is 1.81 bits per heavy atom. The van der Waals surface area contributed by atoms with Gasteiger partial charge in [0.2, 0.25) is 5.75 Å². The van der Waals surface area contributed by atoms with Crippen molar-refractivity contribution in [2.75, 3.05) is 28.4 Å². The Bertz CT molecular complexity index is 929. The van der Waals surface area contributed by atoms with Crippen molar-refractivity contribution in [2.45, 2.75) is 0 Å². The zero-order valence-electron chi connectivity index (χ0n) is 15.1. The summed E-state index contributed by atoms with van der Waals surface area (Å²) in [6.45, 7) is 0. The van der Waals surface area contributed by atoms with Crippen LogP contribution in [0.15, 0.2) is 58.8 Å². The fraction of sp³-hybridized carbons (Fsp3) is 0.200. The summed E-state index contributed by atoms with van der Waals surface area (Å²) in [4.78, 5) is 0. The van der Waals surface area contributed by atoms with Crippen molar-refractivity contribution >= 4 is 22.1 Å². The predicted molar refractivity (Wildman–Crippen MR) is 101 cm³/mol. The predicted octanol–water partition coefficient (Wildman–Crippen LogP) is 5.29. The van der Waals surface area contributed by atoms with Crippen LogP contribution in [0, 0.1) is 0 Å². The van der Waals surface area contributed by atoms with Crippen LogP contribution < -0.4 is 18.9 Å². The molecule has 134 valence electrons. The highest BCUT2D eigenvalue weighted by atomic mass is 16.5. The topological polar surface area (TPSA) is 61.6 Å². The van der Waals surface area contributed by atoms with Crippen LogP contribution in [0.25, 0.3) is 10.8 Å². The minimum absolute atomic E-state index is 0.517. The van der Waals surface area contributed by atoms with Gasteiger partial charge in [0.05, 0.1) is 39.8 Å². The summed E-state index contributed by atoms with van der Waals surface area (Å²) in [5.41, 5.74) is 1.34. The van der Waals surface area contributed by atoms with Crippen LogP contribution in [0.3, 0.4) is 0 Å². The first-order chi connectivity index (χ1) is 12.7. The molecule has 3 aromatic carbocycles. The van der Waals surface area contributed by atoms with Gasteiger partial charge in [-0.15, -0.1) is 5.11 Å². The molecule has 0 spiro atoms. The molecule has 0 heterocycles. The van der Waals surface area contributed by atoms with Gasteiger partial charge in [-0.25, -0.2) is 0 Å². The van der Waals surface area contributed by atoms with Crippen LogP contribution in [-0.4, -0.2) is 28.4 Å². The molecule has 0 unspecified atom stereocenters. The number of benzene rings is 3. The van der Waals surface area contributed by atoms with E-state index < -0.39 is 0 Å². The van der Waals surface area contributed by atoms with Crippen LogP contribution in [0.2, 0.25) is 0 Å². The second-order valence-corrected chi connectivity index (χ2v) is 5.42.